The van der Waals surface area contributed by atoms with E-state index in [4.69, 9.17) is 11.6 Å². The minimum absolute atomic E-state index is 0.195. The fraction of sp³-hybridized carbons (Fsp3) is 0.538. The van der Waals surface area contributed by atoms with E-state index in [-0.39, 0.29) is 16.8 Å². The zero-order valence-electron chi connectivity index (χ0n) is 21.9. The zero-order chi connectivity index (χ0) is 27.8. The standard InChI is InChI=1S/C18H19ClF3N3O3.C8H17N/c1-4-23-14-7-11(19)6-12(10(14)3)16(27)24-8-13-15(26)5-9(2)25-17(13)28-18(20,21)22;1-9(2)8-6-4-3-5-7-8/h5-7,23H,4,8H2,1-3H3,(H,24,27)(H,25,26);8H,3-7H2,1-2H3. The Bertz CT molecular complexity index is 1110. The monoisotopic (exact) mass is 544 g/mol. The van der Waals surface area contributed by atoms with E-state index in [0.717, 1.165) is 12.1 Å². The summed E-state index contributed by atoms with van der Waals surface area (Å²) in [6.07, 6.45) is 2.22. The number of nitrogens with zero attached hydrogens (tertiary/aromatic N) is 1. The van der Waals surface area contributed by atoms with Crippen LogP contribution in [0.1, 0.15) is 66.2 Å². The molecular weight excluding hydrogens is 509 g/mol. The fourth-order valence-electron chi connectivity index (χ4n) is 4.21. The van der Waals surface area contributed by atoms with Gasteiger partial charge >= 0.3 is 6.36 Å². The van der Waals surface area contributed by atoms with E-state index in [0.29, 0.717) is 22.8 Å². The number of rotatable bonds is 7. The van der Waals surface area contributed by atoms with Gasteiger partial charge in [-0.15, -0.1) is 13.2 Å². The van der Waals surface area contributed by atoms with Gasteiger partial charge in [-0.25, -0.2) is 0 Å². The number of halogens is 4. The van der Waals surface area contributed by atoms with E-state index >= 15 is 0 Å². The molecule has 0 radical (unpaired) electrons. The highest BCUT2D eigenvalue weighted by atomic mass is 35.5. The summed E-state index contributed by atoms with van der Waals surface area (Å²) in [6, 6.07) is 5.12. The molecule has 0 unspecified atom stereocenters. The van der Waals surface area contributed by atoms with Gasteiger partial charge in [-0.05, 0) is 65.4 Å². The van der Waals surface area contributed by atoms with Gasteiger partial charge in [0.05, 0.1) is 12.1 Å². The van der Waals surface area contributed by atoms with Crippen LogP contribution < -0.4 is 20.8 Å². The van der Waals surface area contributed by atoms with E-state index in [1.165, 1.54) is 45.1 Å². The number of aromatic nitrogens is 1. The molecule has 0 aliphatic heterocycles. The second kappa shape index (κ2) is 13.7. The van der Waals surface area contributed by atoms with Gasteiger partial charge in [0.25, 0.3) is 5.91 Å². The van der Waals surface area contributed by atoms with Gasteiger partial charge in [0.1, 0.15) is 0 Å². The van der Waals surface area contributed by atoms with Crippen molar-refractivity contribution >= 4 is 23.2 Å². The van der Waals surface area contributed by atoms with E-state index in [1.54, 1.807) is 13.0 Å². The van der Waals surface area contributed by atoms with Gasteiger partial charge in [-0.3, -0.25) is 9.59 Å². The molecule has 3 N–H and O–H groups in total. The lowest BCUT2D eigenvalue weighted by atomic mass is 9.95. The zero-order valence-corrected chi connectivity index (χ0v) is 22.7. The lowest BCUT2D eigenvalue weighted by molar-refractivity contribution is -0.276. The van der Waals surface area contributed by atoms with Gasteiger partial charge in [-0.1, -0.05) is 30.9 Å². The number of nitrogens with one attached hydrogen (secondary N) is 3. The van der Waals surface area contributed by atoms with Crippen LogP contribution in [0.15, 0.2) is 23.0 Å². The van der Waals surface area contributed by atoms with Crippen LogP contribution in [0.3, 0.4) is 0 Å². The summed E-state index contributed by atoms with van der Waals surface area (Å²) in [5.74, 6) is -1.34. The lowest BCUT2D eigenvalue weighted by Crippen LogP contribution is -2.29. The number of amides is 1. The maximum absolute atomic E-state index is 12.6. The number of pyridine rings is 1. The number of hydrogen-bond donors (Lipinski definition) is 3. The van der Waals surface area contributed by atoms with E-state index < -0.39 is 30.1 Å². The second-order valence-corrected chi connectivity index (χ2v) is 9.70. The number of carbonyl (C=O) groups is 1. The number of anilines is 1. The van der Waals surface area contributed by atoms with Crippen molar-refractivity contribution in [3.05, 3.63) is 55.8 Å². The van der Waals surface area contributed by atoms with Crippen LogP contribution in [0.5, 0.6) is 5.88 Å². The number of alkyl halides is 3. The van der Waals surface area contributed by atoms with Crippen LogP contribution in [0, 0.1) is 13.8 Å². The number of hydrogen-bond acceptors (Lipinski definition) is 5. The molecule has 1 amide bonds. The number of carbonyl (C=O) groups excluding carboxylic acids is 1. The number of ether oxygens (including phenoxy) is 1. The van der Waals surface area contributed by atoms with Gasteiger partial charge in [0.2, 0.25) is 5.88 Å². The molecule has 1 aromatic carbocycles. The molecule has 7 nitrogen and oxygen atoms in total. The third-order valence-corrected chi connectivity index (χ3v) is 6.38. The molecule has 1 heterocycles. The van der Waals surface area contributed by atoms with Crippen LogP contribution in [0.2, 0.25) is 5.02 Å². The molecule has 1 aromatic heterocycles. The third-order valence-electron chi connectivity index (χ3n) is 6.16. The Labute approximate surface area is 220 Å². The van der Waals surface area contributed by atoms with E-state index in [2.05, 4.69) is 39.3 Å². The van der Waals surface area contributed by atoms with Crippen molar-refractivity contribution in [3.8, 4) is 5.88 Å². The summed E-state index contributed by atoms with van der Waals surface area (Å²) in [7, 11) is 4.38. The maximum atomic E-state index is 12.6. The van der Waals surface area contributed by atoms with Crippen LogP contribution in [0.25, 0.3) is 0 Å². The maximum Gasteiger partial charge on any atom is 0.574 e. The quantitative estimate of drug-likeness (QED) is 0.411. The first-order valence-corrected chi connectivity index (χ1v) is 12.7. The van der Waals surface area contributed by atoms with E-state index in [9.17, 15) is 22.8 Å². The fourth-order valence-corrected chi connectivity index (χ4v) is 4.42. The summed E-state index contributed by atoms with van der Waals surface area (Å²) in [6.45, 7) is 5.16. The van der Waals surface area contributed by atoms with Crippen molar-refractivity contribution in [2.24, 2.45) is 0 Å². The molecule has 11 heteroatoms. The first-order chi connectivity index (χ1) is 17.3. The Balaban J connectivity index is 0.000000449. The Hall–Kier alpha value is -2.72. The Morgan fingerprint density at radius 2 is 1.81 bits per heavy atom. The van der Waals surface area contributed by atoms with Crippen LogP contribution >= 0.6 is 11.6 Å². The van der Waals surface area contributed by atoms with Crippen molar-refractivity contribution in [3.63, 3.8) is 0 Å². The van der Waals surface area contributed by atoms with E-state index in [1.807, 2.05) is 6.92 Å². The van der Waals surface area contributed by atoms with Gasteiger partial charge in [-0.2, -0.15) is 0 Å². The topological polar surface area (TPSA) is 86.5 Å². The average Bonchev–Trinajstić information content (AvgIpc) is 2.80. The summed E-state index contributed by atoms with van der Waals surface area (Å²) in [5, 5.41) is 5.84. The minimum Gasteiger partial charge on any atom is -0.389 e. The van der Waals surface area contributed by atoms with Crippen molar-refractivity contribution < 1.29 is 22.7 Å². The molecule has 1 saturated carbocycles. The molecule has 0 bridgehead atoms. The summed E-state index contributed by atoms with van der Waals surface area (Å²) < 4.78 is 41.7. The molecule has 1 aliphatic rings. The largest absolute Gasteiger partial charge is 0.574 e. The van der Waals surface area contributed by atoms with Gasteiger partial charge < -0.3 is 25.3 Å². The van der Waals surface area contributed by atoms with Crippen LogP contribution in [-0.4, -0.2) is 48.8 Å². The number of aromatic amines is 1. The Morgan fingerprint density at radius 3 is 2.35 bits per heavy atom. The predicted molar refractivity (Wildman–Crippen MR) is 141 cm³/mol. The van der Waals surface area contributed by atoms with Gasteiger partial charge in [0, 0.05) is 40.6 Å². The molecule has 2 aromatic rings. The normalized spacial score (nSPS) is 14.1. The highest BCUT2D eigenvalue weighted by molar-refractivity contribution is 6.31. The van der Waals surface area contributed by atoms with Crippen molar-refractivity contribution in [1.82, 2.24) is 15.2 Å². The molecule has 0 spiro atoms. The van der Waals surface area contributed by atoms with Crippen molar-refractivity contribution in [2.45, 2.75) is 71.8 Å². The van der Waals surface area contributed by atoms with Gasteiger partial charge in [0.15, 0.2) is 5.43 Å². The SMILES string of the molecule is CCNc1cc(Cl)cc(C(=O)NCc2c(OC(F)(F)F)[nH]c(C)cc2=O)c1C.CN(C)C1CCCCC1. The Morgan fingerprint density at radius 1 is 1.16 bits per heavy atom. The molecular formula is C26H36ClF3N4O3. The molecule has 1 aliphatic carbocycles. The first-order valence-electron chi connectivity index (χ1n) is 12.3. The van der Waals surface area contributed by atoms with Crippen molar-refractivity contribution in [1.29, 1.82) is 0 Å². The summed E-state index contributed by atoms with van der Waals surface area (Å²) in [4.78, 5) is 29.4. The van der Waals surface area contributed by atoms with Crippen LogP contribution in [-0.2, 0) is 6.54 Å². The molecule has 0 saturated heterocycles. The third kappa shape index (κ3) is 9.59. The minimum atomic E-state index is -4.99. The first kappa shape index (κ1) is 30.5. The highest BCUT2D eigenvalue weighted by Crippen LogP contribution is 2.26. The molecule has 206 valence electrons. The molecule has 37 heavy (non-hydrogen) atoms. The molecule has 3 rings (SSSR count). The molecule has 0 atom stereocenters. The smallest absolute Gasteiger partial charge is 0.389 e. The second-order valence-electron chi connectivity index (χ2n) is 9.27. The predicted octanol–water partition coefficient (Wildman–Crippen LogP) is 5.79. The highest BCUT2D eigenvalue weighted by Gasteiger charge is 2.33. The summed E-state index contributed by atoms with van der Waals surface area (Å²) in [5.41, 5.74) is 0.683. The molecule has 1 fully saturated rings. The average molecular weight is 545 g/mol. The number of aryl methyl sites for hydroxylation is 1. The Kier molecular flexibility index (Phi) is 11.3. The number of H-pyrrole nitrogens is 1. The van der Waals surface area contributed by atoms with Crippen LogP contribution in [0.4, 0.5) is 18.9 Å². The number of benzene rings is 1. The summed E-state index contributed by atoms with van der Waals surface area (Å²) >= 11 is 6.04. The van der Waals surface area contributed by atoms with Crippen molar-refractivity contribution in [2.75, 3.05) is 26.0 Å². The lowest BCUT2D eigenvalue weighted by Gasteiger charge is -2.27.